The summed E-state index contributed by atoms with van der Waals surface area (Å²) in [5.74, 6) is 1.49. The number of thioether (sulfide) groups is 1. The van der Waals surface area contributed by atoms with E-state index >= 15 is 0 Å². The Morgan fingerprint density at radius 2 is 1.89 bits per heavy atom. The average molecular weight is 413 g/mol. The second kappa shape index (κ2) is 9.91. The SMILES string of the molecule is C=CCNC(=O)C(C)Sc1nnc(Nc2ccc(Oc3ccccc3)cc2)s1. The topological polar surface area (TPSA) is 76.1 Å². The molecule has 1 amide bonds. The highest BCUT2D eigenvalue weighted by molar-refractivity contribution is 8.02. The van der Waals surface area contributed by atoms with Gasteiger partial charge >= 0.3 is 0 Å². The fourth-order valence-electron chi connectivity index (χ4n) is 2.18. The minimum absolute atomic E-state index is 0.0522. The van der Waals surface area contributed by atoms with E-state index in [2.05, 4.69) is 27.4 Å². The van der Waals surface area contributed by atoms with Crippen LogP contribution < -0.4 is 15.4 Å². The largest absolute Gasteiger partial charge is 0.457 e. The molecular weight excluding hydrogens is 392 g/mol. The Kier molecular flexibility index (Phi) is 7.05. The first-order valence-corrected chi connectivity index (χ1v) is 10.3. The van der Waals surface area contributed by atoms with E-state index in [1.165, 1.54) is 23.1 Å². The first kappa shape index (κ1) is 19.9. The molecule has 0 fully saturated rings. The molecule has 2 N–H and O–H groups in total. The Morgan fingerprint density at radius 3 is 2.61 bits per heavy atom. The Hall–Kier alpha value is -2.84. The van der Waals surface area contributed by atoms with Gasteiger partial charge in [0, 0.05) is 12.2 Å². The third-order valence-corrected chi connectivity index (χ3v) is 5.58. The van der Waals surface area contributed by atoms with Gasteiger partial charge in [0.15, 0.2) is 4.34 Å². The van der Waals surface area contributed by atoms with Crippen LogP contribution in [0.3, 0.4) is 0 Å². The Balaban J connectivity index is 1.54. The minimum Gasteiger partial charge on any atom is -0.457 e. The molecule has 1 atom stereocenters. The van der Waals surface area contributed by atoms with E-state index in [0.29, 0.717) is 11.7 Å². The molecule has 3 aromatic rings. The Bertz CT molecular complexity index is 913. The lowest BCUT2D eigenvalue weighted by Gasteiger charge is -2.08. The number of hydrogen-bond acceptors (Lipinski definition) is 7. The van der Waals surface area contributed by atoms with E-state index in [1.54, 1.807) is 6.08 Å². The fraction of sp³-hybridized carbons (Fsp3) is 0.150. The second-order valence-corrected chi connectivity index (χ2v) is 8.30. The molecule has 0 saturated heterocycles. The van der Waals surface area contributed by atoms with E-state index in [0.717, 1.165) is 21.5 Å². The lowest BCUT2D eigenvalue weighted by molar-refractivity contribution is -0.120. The number of anilines is 2. The van der Waals surface area contributed by atoms with Crippen LogP contribution in [0.15, 0.2) is 71.6 Å². The summed E-state index contributed by atoms with van der Waals surface area (Å²) in [5.41, 5.74) is 0.880. The zero-order valence-electron chi connectivity index (χ0n) is 15.3. The number of nitrogens with zero attached hydrogens (tertiary/aromatic N) is 2. The van der Waals surface area contributed by atoms with Crippen LogP contribution in [0.25, 0.3) is 0 Å². The summed E-state index contributed by atoms with van der Waals surface area (Å²) in [4.78, 5) is 11.9. The van der Waals surface area contributed by atoms with Gasteiger partial charge in [-0.05, 0) is 43.3 Å². The third-order valence-electron chi connectivity index (χ3n) is 3.56. The summed E-state index contributed by atoms with van der Waals surface area (Å²) in [7, 11) is 0. The summed E-state index contributed by atoms with van der Waals surface area (Å²) in [5, 5.41) is 14.7. The van der Waals surface area contributed by atoms with Crippen LogP contribution in [-0.4, -0.2) is 27.9 Å². The maximum atomic E-state index is 11.9. The number of ether oxygens (including phenoxy) is 1. The number of nitrogens with one attached hydrogen (secondary N) is 2. The molecule has 0 bridgehead atoms. The van der Waals surface area contributed by atoms with Gasteiger partial charge in [0.25, 0.3) is 0 Å². The predicted octanol–water partition coefficient (Wildman–Crippen LogP) is 4.86. The number of benzene rings is 2. The standard InChI is InChI=1S/C20H20N4O2S2/c1-3-13-21-18(25)14(2)27-20-24-23-19(28-20)22-15-9-11-17(12-10-15)26-16-7-5-4-6-8-16/h3-12,14H,1,13H2,2H3,(H,21,25)(H,22,23). The molecule has 6 nitrogen and oxygen atoms in total. The Morgan fingerprint density at radius 1 is 1.18 bits per heavy atom. The maximum Gasteiger partial charge on any atom is 0.233 e. The van der Waals surface area contributed by atoms with E-state index in [4.69, 9.17) is 4.74 Å². The molecule has 3 rings (SSSR count). The van der Waals surface area contributed by atoms with Gasteiger partial charge in [-0.3, -0.25) is 4.79 Å². The van der Waals surface area contributed by atoms with Crippen LogP contribution in [0.5, 0.6) is 11.5 Å². The van der Waals surface area contributed by atoms with Crippen molar-refractivity contribution in [2.75, 3.05) is 11.9 Å². The second-order valence-electron chi connectivity index (χ2n) is 5.73. The van der Waals surface area contributed by atoms with E-state index in [9.17, 15) is 4.79 Å². The van der Waals surface area contributed by atoms with Crippen LogP contribution in [0, 0.1) is 0 Å². The lowest BCUT2D eigenvalue weighted by Crippen LogP contribution is -2.30. The molecular formula is C20H20N4O2S2. The Labute approximate surface area is 172 Å². The van der Waals surface area contributed by atoms with Crippen LogP contribution in [0.1, 0.15) is 6.92 Å². The summed E-state index contributed by atoms with van der Waals surface area (Å²) in [6, 6.07) is 17.2. The van der Waals surface area contributed by atoms with Gasteiger partial charge in [-0.15, -0.1) is 16.8 Å². The normalized spacial score (nSPS) is 11.5. The number of rotatable bonds is 9. The van der Waals surface area contributed by atoms with Gasteiger partial charge < -0.3 is 15.4 Å². The number of carbonyl (C=O) groups excluding carboxylic acids is 1. The first-order valence-electron chi connectivity index (χ1n) is 8.63. The summed E-state index contributed by atoms with van der Waals surface area (Å²) < 4.78 is 6.51. The van der Waals surface area contributed by atoms with Gasteiger partial charge in [0.2, 0.25) is 11.0 Å². The van der Waals surface area contributed by atoms with E-state index < -0.39 is 0 Å². The van der Waals surface area contributed by atoms with E-state index in [-0.39, 0.29) is 11.2 Å². The molecule has 0 saturated carbocycles. The molecule has 8 heteroatoms. The van der Waals surface area contributed by atoms with Crippen molar-refractivity contribution in [3.63, 3.8) is 0 Å². The van der Waals surface area contributed by atoms with Gasteiger partial charge in [0.05, 0.1) is 5.25 Å². The first-order chi connectivity index (χ1) is 13.6. The molecule has 1 aromatic heterocycles. The van der Waals surface area contributed by atoms with Crippen molar-refractivity contribution < 1.29 is 9.53 Å². The molecule has 28 heavy (non-hydrogen) atoms. The number of aromatic nitrogens is 2. The third kappa shape index (κ3) is 5.83. The molecule has 0 radical (unpaired) electrons. The van der Waals surface area contributed by atoms with Crippen LogP contribution in [0.4, 0.5) is 10.8 Å². The molecule has 144 valence electrons. The fourth-order valence-corrected chi connectivity index (χ4v) is 4.12. The highest BCUT2D eigenvalue weighted by Gasteiger charge is 2.16. The summed E-state index contributed by atoms with van der Waals surface area (Å²) in [6.45, 7) is 5.88. The average Bonchev–Trinajstić information content (AvgIpc) is 3.15. The van der Waals surface area contributed by atoms with Crippen molar-refractivity contribution in [1.82, 2.24) is 15.5 Å². The smallest absolute Gasteiger partial charge is 0.233 e. The predicted molar refractivity (Wildman–Crippen MR) is 115 cm³/mol. The number of amides is 1. The van der Waals surface area contributed by atoms with Crippen molar-refractivity contribution in [2.45, 2.75) is 16.5 Å². The zero-order chi connectivity index (χ0) is 19.8. The summed E-state index contributed by atoms with van der Waals surface area (Å²) >= 11 is 2.78. The highest BCUT2D eigenvalue weighted by atomic mass is 32.2. The van der Waals surface area contributed by atoms with Crippen molar-refractivity contribution in [3.8, 4) is 11.5 Å². The summed E-state index contributed by atoms with van der Waals surface area (Å²) in [6.07, 6.45) is 1.65. The molecule has 1 unspecified atom stereocenters. The van der Waals surface area contributed by atoms with Crippen LogP contribution in [-0.2, 0) is 4.79 Å². The minimum atomic E-state index is -0.254. The van der Waals surface area contributed by atoms with Crippen molar-refractivity contribution in [1.29, 1.82) is 0 Å². The van der Waals surface area contributed by atoms with Crippen molar-refractivity contribution in [3.05, 3.63) is 67.3 Å². The van der Waals surface area contributed by atoms with Crippen molar-refractivity contribution in [2.24, 2.45) is 0 Å². The molecule has 0 aliphatic carbocycles. The number of carbonyl (C=O) groups is 1. The lowest BCUT2D eigenvalue weighted by atomic mass is 10.3. The van der Waals surface area contributed by atoms with Gasteiger partial charge in [0.1, 0.15) is 11.5 Å². The maximum absolute atomic E-state index is 11.9. The van der Waals surface area contributed by atoms with Gasteiger partial charge in [-0.25, -0.2) is 0 Å². The van der Waals surface area contributed by atoms with E-state index in [1.807, 2.05) is 61.5 Å². The highest BCUT2D eigenvalue weighted by Crippen LogP contribution is 2.31. The van der Waals surface area contributed by atoms with Crippen LogP contribution in [0.2, 0.25) is 0 Å². The zero-order valence-corrected chi connectivity index (χ0v) is 16.9. The number of para-hydroxylation sites is 1. The van der Waals surface area contributed by atoms with Gasteiger partial charge in [-0.2, -0.15) is 0 Å². The molecule has 0 spiro atoms. The van der Waals surface area contributed by atoms with Crippen LogP contribution >= 0.6 is 23.1 Å². The molecule has 2 aromatic carbocycles. The van der Waals surface area contributed by atoms with Gasteiger partial charge in [-0.1, -0.05) is 47.4 Å². The monoisotopic (exact) mass is 412 g/mol. The number of hydrogen-bond donors (Lipinski definition) is 2. The molecule has 0 aliphatic rings. The van der Waals surface area contributed by atoms with Crippen molar-refractivity contribution >= 4 is 39.8 Å². The quantitative estimate of drug-likeness (QED) is 0.386. The molecule has 1 heterocycles. The molecule has 0 aliphatic heterocycles.